The standard InChI is InChI=1S/C21H24O3/c1-16(2)21(23)24-15-3-4-17-5-9-19(10-6-17)20-11-7-18(8-12-20)13-14-22/h5-12,22H,1,3-4,13-15H2,2H3. The van der Waals surface area contributed by atoms with E-state index >= 15 is 0 Å². The first-order chi connectivity index (χ1) is 11.6. The van der Waals surface area contributed by atoms with Crippen molar-refractivity contribution < 1.29 is 14.6 Å². The van der Waals surface area contributed by atoms with Crippen molar-refractivity contribution in [1.82, 2.24) is 0 Å². The number of hydrogen-bond donors (Lipinski definition) is 1. The van der Waals surface area contributed by atoms with E-state index in [0.29, 0.717) is 18.6 Å². The molecule has 126 valence electrons. The normalized spacial score (nSPS) is 10.4. The molecule has 0 unspecified atom stereocenters. The lowest BCUT2D eigenvalue weighted by Gasteiger charge is -2.07. The Labute approximate surface area is 143 Å². The molecule has 0 spiro atoms. The Balaban J connectivity index is 1.86. The van der Waals surface area contributed by atoms with Crippen molar-refractivity contribution in [1.29, 1.82) is 0 Å². The Hall–Kier alpha value is -2.39. The predicted molar refractivity (Wildman–Crippen MR) is 96.8 cm³/mol. The topological polar surface area (TPSA) is 46.5 Å². The zero-order valence-electron chi connectivity index (χ0n) is 14.1. The number of carbonyl (C=O) groups excluding carboxylic acids is 1. The van der Waals surface area contributed by atoms with E-state index in [2.05, 4.69) is 55.1 Å². The molecule has 0 atom stereocenters. The largest absolute Gasteiger partial charge is 0.462 e. The molecule has 0 saturated carbocycles. The molecule has 0 aliphatic rings. The van der Waals surface area contributed by atoms with Crippen LogP contribution in [0, 0.1) is 0 Å². The lowest BCUT2D eigenvalue weighted by molar-refractivity contribution is -0.139. The van der Waals surface area contributed by atoms with Crippen LogP contribution in [0.1, 0.15) is 24.5 Å². The minimum absolute atomic E-state index is 0.176. The van der Waals surface area contributed by atoms with Crippen molar-refractivity contribution in [2.75, 3.05) is 13.2 Å². The maximum atomic E-state index is 11.3. The van der Waals surface area contributed by atoms with Gasteiger partial charge in [0.1, 0.15) is 0 Å². The SMILES string of the molecule is C=C(C)C(=O)OCCCc1ccc(-c2ccc(CCO)cc2)cc1. The minimum Gasteiger partial charge on any atom is -0.462 e. The monoisotopic (exact) mass is 324 g/mol. The van der Waals surface area contributed by atoms with Gasteiger partial charge in [0, 0.05) is 12.2 Å². The Morgan fingerprint density at radius 3 is 1.92 bits per heavy atom. The quantitative estimate of drug-likeness (QED) is 0.454. The summed E-state index contributed by atoms with van der Waals surface area (Å²) >= 11 is 0. The molecule has 0 radical (unpaired) electrons. The second-order valence-electron chi connectivity index (χ2n) is 5.89. The Morgan fingerprint density at radius 1 is 0.958 bits per heavy atom. The maximum absolute atomic E-state index is 11.3. The second-order valence-corrected chi connectivity index (χ2v) is 5.89. The van der Waals surface area contributed by atoms with Crippen LogP contribution in [0.15, 0.2) is 60.7 Å². The summed E-state index contributed by atoms with van der Waals surface area (Å²) in [6.45, 7) is 5.80. The summed E-state index contributed by atoms with van der Waals surface area (Å²) < 4.78 is 5.09. The third-order valence-electron chi connectivity index (χ3n) is 3.83. The molecule has 0 bridgehead atoms. The number of benzene rings is 2. The third-order valence-corrected chi connectivity index (χ3v) is 3.83. The Bertz CT molecular complexity index is 669. The van der Waals surface area contributed by atoms with E-state index in [0.717, 1.165) is 18.4 Å². The van der Waals surface area contributed by atoms with Gasteiger partial charge in [0.25, 0.3) is 0 Å². The first-order valence-corrected chi connectivity index (χ1v) is 8.22. The van der Waals surface area contributed by atoms with Gasteiger partial charge in [0.2, 0.25) is 0 Å². The number of aliphatic hydroxyl groups excluding tert-OH is 1. The lowest BCUT2D eigenvalue weighted by atomic mass is 10.0. The fraction of sp³-hybridized carbons (Fsp3) is 0.286. The van der Waals surface area contributed by atoms with Crippen molar-refractivity contribution in [2.45, 2.75) is 26.2 Å². The van der Waals surface area contributed by atoms with Crippen LogP contribution < -0.4 is 0 Å². The first kappa shape index (κ1) is 18.0. The molecule has 2 aromatic rings. The molecular formula is C21H24O3. The second kappa shape index (κ2) is 9.04. The average molecular weight is 324 g/mol. The minimum atomic E-state index is -0.324. The van der Waals surface area contributed by atoms with E-state index in [1.807, 2.05) is 0 Å². The van der Waals surface area contributed by atoms with Crippen molar-refractivity contribution in [2.24, 2.45) is 0 Å². The van der Waals surface area contributed by atoms with Crippen molar-refractivity contribution in [3.05, 3.63) is 71.8 Å². The first-order valence-electron chi connectivity index (χ1n) is 8.22. The molecule has 3 nitrogen and oxygen atoms in total. The van der Waals surface area contributed by atoms with Crippen LogP contribution in [0.4, 0.5) is 0 Å². The van der Waals surface area contributed by atoms with Crippen molar-refractivity contribution in [3.63, 3.8) is 0 Å². The zero-order valence-corrected chi connectivity index (χ0v) is 14.1. The van der Waals surface area contributed by atoms with E-state index in [1.54, 1.807) is 6.92 Å². The molecule has 0 heterocycles. The lowest BCUT2D eigenvalue weighted by Crippen LogP contribution is -2.06. The number of esters is 1. The van der Waals surface area contributed by atoms with Gasteiger partial charge in [-0.3, -0.25) is 0 Å². The molecule has 0 aliphatic carbocycles. The summed E-state index contributed by atoms with van der Waals surface area (Å²) in [5.74, 6) is -0.324. The number of rotatable bonds is 8. The fourth-order valence-electron chi connectivity index (χ4n) is 2.42. The van der Waals surface area contributed by atoms with Gasteiger partial charge in [-0.1, -0.05) is 55.1 Å². The highest BCUT2D eigenvalue weighted by Crippen LogP contribution is 2.21. The van der Waals surface area contributed by atoms with Gasteiger partial charge in [0.15, 0.2) is 0 Å². The molecule has 24 heavy (non-hydrogen) atoms. The smallest absolute Gasteiger partial charge is 0.333 e. The molecule has 0 saturated heterocycles. The van der Waals surface area contributed by atoms with E-state index < -0.39 is 0 Å². The molecule has 2 rings (SSSR count). The van der Waals surface area contributed by atoms with E-state index in [9.17, 15) is 4.79 Å². The van der Waals surface area contributed by atoms with E-state index in [1.165, 1.54) is 16.7 Å². The summed E-state index contributed by atoms with van der Waals surface area (Å²) in [5.41, 5.74) is 5.13. The Morgan fingerprint density at radius 2 is 1.46 bits per heavy atom. The summed E-state index contributed by atoms with van der Waals surface area (Å²) in [6, 6.07) is 16.7. The van der Waals surface area contributed by atoms with Crippen LogP contribution >= 0.6 is 0 Å². The van der Waals surface area contributed by atoms with Gasteiger partial charge in [-0.15, -0.1) is 0 Å². The fourth-order valence-corrected chi connectivity index (χ4v) is 2.42. The zero-order chi connectivity index (χ0) is 17.4. The number of aryl methyl sites for hydroxylation is 1. The van der Waals surface area contributed by atoms with Gasteiger partial charge < -0.3 is 9.84 Å². The molecule has 0 amide bonds. The summed E-state index contributed by atoms with van der Waals surface area (Å²) in [6.07, 6.45) is 2.36. The molecular weight excluding hydrogens is 300 g/mol. The van der Waals surface area contributed by atoms with Gasteiger partial charge in [-0.25, -0.2) is 4.79 Å². The summed E-state index contributed by atoms with van der Waals surface area (Å²) in [7, 11) is 0. The Kier molecular flexibility index (Phi) is 6.76. The van der Waals surface area contributed by atoms with Gasteiger partial charge >= 0.3 is 5.97 Å². The summed E-state index contributed by atoms with van der Waals surface area (Å²) in [4.78, 5) is 11.3. The number of ether oxygens (including phenoxy) is 1. The number of carbonyl (C=O) groups is 1. The average Bonchev–Trinajstić information content (AvgIpc) is 2.60. The van der Waals surface area contributed by atoms with Crippen LogP contribution in [0.2, 0.25) is 0 Å². The van der Waals surface area contributed by atoms with Crippen LogP contribution in [0.25, 0.3) is 11.1 Å². The van der Waals surface area contributed by atoms with Crippen LogP contribution in [-0.4, -0.2) is 24.3 Å². The predicted octanol–water partition coefficient (Wildman–Crippen LogP) is 3.94. The van der Waals surface area contributed by atoms with Crippen molar-refractivity contribution >= 4 is 5.97 Å². The van der Waals surface area contributed by atoms with Gasteiger partial charge in [0.05, 0.1) is 6.61 Å². The molecule has 2 aromatic carbocycles. The number of hydrogen-bond acceptors (Lipinski definition) is 3. The van der Waals surface area contributed by atoms with Crippen LogP contribution in [0.5, 0.6) is 0 Å². The highest BCUT2D eigenvalue weighted by molar-refractivity contribution is 5.86. The third kappa shape index (κ3) is 5.36. The van der Waals surface area contributed by atoms with Crippen molar-refractivity contribution in [3.8, 4) is 11.1 Å². The number of aliphatic hydroxyl groups is 1. The molecule has 0 fully saturated rings. The maximum Gasteiger partial charge on any atom is 0.333 e. The van der Waals surface area contributed by atoms with E-state index in [4.69, 9.17) is 9.84 Å². The highest BCUT2D eigenvalue weighted by Gasteiger charge is 2.03. The van der Waals surface area contributed by atoms with Gasteiger partial charge in [-0.2, -0.15) is 0 Å². The molecule has 3 heteroatoms. The van der Waals surface area contributed by atoms with E-state index in [-0.39, 0.29) is 12.6 Å². The van der Waals surface area contributed by atoms with Gasteiger partial charge in [-0.05, 0) is 48.4 Å². The molecule has 1 N–H and O–H groups in total. The summed E-state index contributed by atoms with van der Waals surface area (Å²) in [5, 5.41) is 8.95. The molecule has 0 aliphatic heterocycles. The van der Waals surface area contributed by atoms with Crippen LogP contribution in [-0.2, 0) is 22.4 Å². The highest BCUT2D eigenvalue weighted by atomic mass is 16.5. The molecule has 0 aromatic heterocycles. The van der Waals surface area contributed by atoms with Crippen LogP contribution in [0.3, 0.4) is 0 Å².